The summed E-state index contributed by atoms with van der Waals surface area (Å²) in [5.41, 5.74) is 7.01. The summed E-state index contributed by atoms with van der Waals surface area (Å²) in [6.07, 6.45) is 0. The van der Waals surface area contributed by atoms with Crippen molar-refractivity contribution in [3.05, 3.63) is 66.2 Å². The third-order valence-electron chi connectivity index (χ3n) is 3.86. The largest absolute Gasteiger partial charge is 0.495 e. The molecule has 6 nitrogen and oxygen atoms in total. The van der Waals surface area contributed by atoms with Crippen LogP contribution in [0.3, 0.4) is 0 Å². The number of nitrogen functional groups attached to an aromatic ring is 1. The first kappa shape index (κ1) is 17.3. The van der Waals surface area contributed by atoms with Crippen molar-refractivity contribution in [1.82, 2.24) is 0 Å². The topological polar surface area (TPSA) is 90.6 Å². The van der Waals surface area contributed by atoms with Gasteiger partial charge in [-0.25, -0.2) is 4.79 Å². The number of rotatable bonds is 5. The molecule has 0 aromatic heterocycles. The molecule has 0 bridgehead atoms. The minimum atomic E-state index is -0.632. The highest BCUT2D eigenvalue weighted by Crippen LogP contribution is 2.23. The molecular formula is C20H18N2O4. The van der Waals surface area contributed by atoms with Crippen LogP contribution in [0.4, 0.5) is 11.4 Å². The lowest BCUT2D eigenvalue weighted by atomic mass is 10.1. The molecule has 0 spiro atoms. The molecule has 6 heteroatoms. The summed E-state index contributed by atoms with van der Waals surface area (Å²) in [6.45, 7) is -0.395. The first-order valence-electron chi connectivity index (χ1n) is 7.97. The van der Waals surface area contributed by atoms with Gasteiger partial charge in [0.2, 0.25) is 0 Å². The highest BCUT2D eigenvalue weighted by molar-refractivity contribution is 6.03. The van der Waals surface area contributed by atoms with Gasteiger partial charge in [0.15, 0.2) is 6.61 Å². The zero-order valence-corrected chi connectivity index (χ0v) is 14.2. The number of esters is 1. The van der Waals surface area contributed by atoms with Crippen molar-refractivity contribution in [2.24, 2.45) is 0 Å². The van der Waals surface area contributed by atoms with Gasteiger partial charge in [0.05, 0.1) is 18.4 Å². The molecule has 0 aliphatic rings. The normalized spacial score (nSPS) is 10.3. The van der Waals surface area contributed by atoms with Gasteiger partial charge >= 0.3 is 5.97 Å². The van der Waals surface area contributed by atoms with Crippen LogP contribution in [0, 0.1) is 0 Å². The van der Waals surface area contributed by atoms with Crippen molar-refractivity contribution < 1.29 is 19.1 Å². The monoisotopic (exact) mass is 350 g/mol. The van der Waals surface area contributed by atoms with E-state index in [0.29, 0.717) is 17.1 Å². The smallest absolute Gasteiger partial charge is 0.338 e. The van der Waals surface area contributed by atoms with Gasteiger partial charge in [-0.3, -0.25) is 4.79 Å². The number of benzene rings is 3. The van der Waals surface area contributed by atoms with Crippen LogP contribution in [0.15, 0.2) is 60.7 Å². The number of hydrogen-bond donors (Lipinski definition) is 2. The van der Waals surface area contributed by atoms with E-state index in [1.807, 2.05) is 36.4 Å². The fraction of sp³-hybridized carbons (Fsp3) is 0.100. The molecule has 3 rings (SSSR count). The Morgan fingerprint density at radius 3 is 2.58 bits per heavy atom. The van der Waals surface area contributed by atoms with Gasteiger partial charge in [-0.15, -0.1) is 0 Å². The summed E-state index contributed by atoms with van der Waals surface area (Å²) < 4.78 is 10.1. The third-order valence-corrected chi connectivity index (χ3v) is 3.86. The van der Waals surface area contributed by atoms with Crippen molar-refractivity contribution in [3.63, 3.8) is 0 Å². The average Bonchev–Trinajstić information content (AvgIpc) is 2.66. The third kappa shape index (κ3) is 3.75. The number of anilines is 2. The number of fused-ring (bicyclic) bond motifs is 1. The maximum atomic E-state index is 12.1. The van der Waals surface area contributed by atoms with Crippen LogP contribution in [-0.2, 0) is 9.53 Å². The number of nitrogens with one attached hydrogen (secondary N) is 1. The second-order valence-electron chi connectivity index (χ2n) is 5.61. The summed E-state index contributed by atoms with van der Waals surface area (Å²) in [5, 5.41) is 4.69. The lowest BCUT2D eigenvalue weighted by molar-refractivity contribution is -0.119. The van der Waals surface area contributed by atoms with E-state index in [1.54, 1.807) is 12.1 Å². The Morgan fingerprint density at radius 1 is 1.04 bits per heavy atom. The van der Waals surface area contributed by atoms with Gasteiger partial charge < -0.3 is 20.5 Å². The fourth-order valence-electron chi connectivity index (χ4n) is 2.60. The first-order valence-corrected chi connectivity index (χ1v) is 7.97. The molecule has 0 saturated heterocycles. The highest BCUT2D eigenvalue weighted by Gasteiger charge is 2.13. The van der Waals surface area contributed by atoms with E-state index in [-0.39, 0.29) is 5.56 Å². The number of nitrogens with two attached hydrogens (primary N) is 1. The minimum absolute atomic E-state index is 0.251. The summed E-state index contributed by atoms with van der Waals surface area (Å²) in [6, 6.07) is 17.8. The molecule has 1 amide bonds. The maximum absolute atomic E-state index is 12.1. The molecule has 26 heavy (non-hydrogen) atoms. The molecule has 0 fully saturated rings. The minimum Gasteiger partial charge on any atom is -0.495 e. The van der Waals surface area contributed by atoms with Crippen LogP contribution in [0.1, 0.15) is 10.4 Å². The fourth-order valence-corrected chi connectivity index (χ4v) is 2.60. The molecule has 3 N–H and O–H groups in total. The van der Waals surface area contributed by atoms with Gasteiger partial charge in [-0.05, 0) is 29.7 Å². The Hall–Kier alpha value is -3.54. The van der Waals surface area contributed by atoms with Gasteiger partial charge in [0.1, 0.15) is 5.75 Å². The molecule has 0 unspecified atom stereocenters. The van der Waals surface area contributed by atoms with Crippen molar-refractivity contribution >= 4 is 34.0 Å². The zero-order valence-electron chi connectivity index (χ0n) is 14.2. The molecule has 3 aromatic carbocycles. The van der Waals surface area contributed by atoms with E-state index in [4.69, 9.17) is 15.2 Å². The number of carbonyl (C=O) groups excluding carboxylic acids is 2. The average molecular weight is 350 g/mol. The van der Waals surface area contributed by atoms with E-state index in [1.165, 1.54) is 19.2 Å². The van der Waals surface area contributed by atoms with Crippen LogP contribution in [0.25, 0.3) is 10.8 Å². The zero-order chi connectivity index (χ0) is 18.5. The van der Waals surface area contributed by atoms with Crippen LogP contribution in [0.5, 0.6) is 5.75 Å². The van der Waals surface area contributed by atoms with Crippen molar-refractivity contribution in [3.8, 4) is 5.75 Å². The van der Waals surface area contributed by atoms with Crippen LogP contribution in [-0.4, -0.2) is 25.6 Å². The second-order valence-corrected chi connectivity index (χ2v) is 5.61. The van der Waals surface area contributed by atoms with Gasteiger partial charge in [-0.2, -0.15) is 0 Å². The molecular weight excluding hydrogens is 332 g/mol. The lowest BCUT2D eigenvalue weighted by Gasteiger charge is -2.10. The molecule has 0 aliphatic heterocycles. The summed E-state index contributed by atoms with van der Waals surface area (Å²) >= 11 is 0. The van der Waals surface area contributed by atoms with E-state index < -0.39 is 18.5 Å². The Bertz CT molecular complexity index is 964. The van der Waals surface area contributed by atoms with Crippen LogP contribution < -0.4 is 15.8 Å². The molecule has 132 valence electrons. The van der Waals surface area contributed by atoms with Crippen LogP contribution >= 0.6 is 0 Å². The predicted molar refractivity (Wildman–Crippen MR) is 100 cm³/mol. The van der Waals surface area contributed by atoms with Gasteiger partial charge in [-0.1, -0.05) is 36.4 Å². The second kappa shape index (κ2) is 7.57. The van der Waals surface area contributed by atoms with Crippen molar-refractivity contribution in [2.75, 3.05) is 24.8 Å². The van der Waals surface area contributed by atoms with Crippen LogP contribution in [0.2, 0.25) is 0 Å². The Balaban J connectivity index is 1.63. The number of ether oxygens (including phenoxy) is 2. The summed E-state index contributed by atoms with van der Waals surface area (Å²) in [7, 11) is 1.49. The van der Waals surface area contributed by atoms with E-state index in [2.05, 4.69) is 5.32 Å². The Labute approximate surface area is 150 Å². The molecule has 0 radical (unpaired) electrons. The quantitative estimate of drug-likeness (QED) is 0.545. The molecule has 0 atom stereocenters. The number of methoxy groups -OCH3 is 1. The van der Waals surface area contributed by atoms with Crippen molar-refractivity contribution in [2.45, 2.75) is 0 Å². The van der Waals surface area contributed by atoms with Crippen molar-refractivity contribution in [1.29, 1.82) is 0 Å². The standard InChI is InChI=1S/C20H18N2O4/c1-25-18-10-9-14(11-16(18)21)20(24)26-12-19(23)22-17-8-4-6-13-5-2-3-7-15(13)17/h2-11H,12,21H2,1H3,(H,22,23). The predicted octanol–water partition coefficient (Wildman–Crippen LogP) is 3.23. The molecule has 3 aromatic rings. The van der Waals surface area contributed by atoms with Gasteiger partial charge in [0.25, 0.3) is 5.91 Å². The highest BCUT2D eigenvalue weighted by atomic mass is 16.5. The molecule has 0 saturated carbocycles. The SMILES string of the molecule is COc1ccc(C(=O)OCC(=O)Nc2cccc3ccccc23)cc1N. The molecule has 0 heterocycles. The maximum Gasteiger partial charge on any atom is 0.338 e. The number of hydrogen-bond acceptors (Lipinski definition) is 5. The van der Waals surface area contributed by atoms with E-state index in [9.17, 15) is 9.59 Å². The Kier molecular flexibility index (Phi) is 5.03. The molecule has 0 aliphatic carbocycles. The lowest BCUT2D eigenvalue weighted by Crippen LogP contribution is -2.21. The summed E-state index contributed by atoms with van der Waals surface area (Å²) in [5.74, 6) is -0.584. The number of amides is 1. The summed E-state index contributed by atoms with van der Waals surface area (Å²) in [4.78, 5) is 24.2. The number of carbonyl (C=O) groups is 2. The van der Waals surface area contributed by atoms with E-state index in [0.717, 1.165) is 10.8 Å². The van der Waals surface area contributed by atoms with E-state index >= 15 is 0 Å². The van der Waals surface area contributed by atoms with Gasteiger partial charge in [0, 0.05) is 11.1 Å². The Morgan fingerprint density at radius 2 is 1.81 bits per heavy atom. The first-order chi connectivity index (χ1) is 12.6.